The highest BCUT2D eigenvalue weighted by atomic mass is 16.5. The second-order valence-corrected chi connectivity index (χ2v) is 8.15. The Morgan fingerprint density at radius 3 is 2.08 bits per heavy atom. The molecule has 0 heterocycles. The van der Waals surface area contributed by atoms with E-state index in [9.17, 15) is 9.59 Å². The summed E-state index contributed by atoms with van der Waals surface area (Å²) in [5, 5.41) is 0. The topological polar surface area (TPSA) is 71.1 Å². The van der Waals surface area contributed by atoms with Gasteiger partial charge in [-0.3, -0.25) is 0 Å². The number of rotatable bonds is 12. The van der Waals surface area contributed by atoms with E-state index in [4.69, 9.17) is 18.9 Å². The molecule has 37 heavy (non-hydrogen) atoms. The van der Waals surface area contributed by atoms with Crippen LogP contribution < -0.4 is 14.2 Å². The van der Waals surface area contributed by atoms with Crippen molar-refractivity contribution in [2.24, 2.45) is 0 Å². The Hall–Kier alpha value is -4.58. The Morgan fingerprint density at radius 2 is 1.27 bits per heavy atom. The average molecular weight is 497 g/mol. The largest absolute Gasteiger partial charge is 0.490 e. The summed E-state index contributed by atoms with van der Waals surface area (Å²) < 4.78 is 22.3. The average Bonchev–Trinajstić information content (AvgIpc) is 2.95. The van der Waals surface area contributed by atoms with Crippen LogP contribution in [0.15, 0.2) is 109 Å². The Balaban J connectivity index is 1.28. The Bertz CT molecular complexity index is 1290. The van der Waals surface area contributed by atoms with Gasteiger partial charge >= 0.3 is 11.9 Å². The van der Waals surface area contributed by atoms with E-state index in [2.05, 4.69) is 0 Å². The molecule has 0 amide bonds. The second-order valence-electron chi connectivity index (χ2n) is 8.15. The molecule has 0 atom stereocenters. The van der Waals surface area contributed by atoms with Crippen molar-refractivity contribution in [2.45, 2.75) is 12.8 Å². The van der Waals surface area contributed by atoms with Crippen molar-refractivity contribution in [1.82, 2.24) is 0 Å². The van der Waals surface area contributed by atoms with Gasteiger partial charge in [-0.15, -0.1) is 0 Å². The molecule has 0 bridgehead atoms. The zero-order valence-electron chi connectivity index (χ0n) is 20.4. The lowest BCUT2D eigenvalue weighted by atomic mass is 10.1. The summed E-state index contributed by atoms with van der Waals surface area (Å²) in [4.78, 5) is 25.3. The summed E-state index contributed by atoms with van der Waals surface area (Å²) in [6.45, 7) is 0.879. The number of ether oxygens (including phenoxy) is 4. The first-order valence-corrected chi connectivity index (χ1v) is 12.1. The van der Waals surface area contributed by atoms with E-state index in [1.165, 1.54) is 11.6 Å². The molecule has 0 unspecified atom stereocenters. The van der Waals surface area contributed by atoms with E-state index in [1.807, 2.05) is 60.7 Å². The third kappa shape index (κ3) is 7.97. The smallest absolute Gasteiger partial charge is 0.347 e. The minimum absolute atomic E-state index is 0.242. The highest BCUT2D eigenvalue weighted by molar-refractivity contribution is 5.94. The molecule has 0 saturated heterocycles. The number of para-hydroxylation sites is 2. The van der Waals surface area contributed by atoms with Crippen LogP contribution in [0, 0.1) is 0 Å². The van der Waals surface area contributed by atoms with Crippen LogP contribution >= 0.6 is 0 Å². The first kappa shape index (κ1) is 25.5. The van der Waals surface area contributed by atoms with Crippen LogP contribution in [0.25, 0.3) is 0 Å². The predicted octanol–water partition coefficient (Wildman–Crippen LogP) is 6.15. The maximum absolute atomic E-state index is 12.9. The van der Waals surface area contributed by atoms with E-state index < -0.39 is 11.9 Å². The molecule has 6 nitrogen and oxygen atoms in total. The summed E-state index contributed by atoms with van der Waals surface area (Å²) in [5.41, 5.74) is 1.78. The zero-order valence-corrected chi connectivity index (χ0v) is 20.4. The number of hydrogen-bond donors (Lipinski definition) is 0. The van der Waals surface area contributed by atoms with Crippen LogP contribution in [0.4, 0.5) is 0 Å². The predicted molar refractivity (Wildman–Crippen MR) is 140 cm³/mol. The quantitative estimate of drug-likeness (QED) is 0.133. The van der Waals surface area contributed by atoms with Gasteiger partial charge in [0.25, 0.3) is 0 Å². The lowest BCUT2D eigenvalue weighted by Gasteiger charge is -2.12. The molecular weight excluding hydrogens is 468 g/mol. The molecule has 0 aliphatic carbocycles. The molecule has 188 valence electrons. The SMILES string of the molecule is O=C(OCCCc1ccccc1)c1cccc(OC(=O)c2ccccc2OCCOc2ccccc2)c1. The van der Waals surface area contributed by atoms with Gasteiger partial charge in [0.05, 0.1) is 12.2 Å². The molecule has 0 radical (unpaired) electrons. The maximum Gasteiger partial charge on any atom is 0.347 e. The van der Waals surface area contributed by atoms with E-state index in [-0.39, 0.29) is 17.9 Å². The Labute approximate surface area is 216 Å². The minimum Gasteiger partial charge on any atom is -0.490 e. The molecule has 0 fully saturated rings. The molecule has 0 aromatic heterocycles. The Kier molecular flexibility index (Phi) is 9.30. The van der Waals surface area contributed by atoms with Crippen molar-refractivity contribution >= 4 is 11.9 Å². The van der Waals surface area contributed by atoms with Crippen molar-refractivity contribution in [3.63, 3.8) is 0 Å². The lowest BCUT2D eigenvalue weighted by molar-refractivity contribution is 0.0498. The van der Waals surface area contributed by atoms with Crippen molar-refractivity contribution in [1.29, 1.82) is 0 Å². The van der Waals surface area contributed by atoms with Crippen LogP contribution in [-0.4, -0.2) is 31.8 Å². The summed E-state index contributed by atoms with van der Waals surface area (Å²) in [6.07, 6.45) is 1.54. The van der Waals surface area contributed by atoms with Crippen molar-refractivity contribution in [3.8, 4) is 17.2 Å². The highest BCUT2D eigenvalue weighted by Gasteiger charge is 2.16. The summed E-state index contributed by atoms with van der Waals surface area (Å²) in [5.74, 6) is 0.318. The lowest BCUT2D eigenvalue weighted by Crippen LogP contribution is -2.14. The van der Waals surface area contributed by atoms with E-state index in [0.717, 1.165) is 18.6 Å². The van der Waals surface area contributed by atoms with Gasteiger partial charge in [0.1, 0.15) is 36.0 Å². The third-order valence-electron chi connectivity index (χ3n) is 5.43. The van der Waals surface area contributed by atoms with Gasteiger partial charge in [0.2, 0.25) is 0 Å². The van der Waals surface area contributed by atoms with Crippen molar-refractivity contribution in [2.75, 3.05) is 19.8 Å². The van der Waals surface area contributed by atoms with Crippen molar-refractivity contribution in [3.05, 3.63) is 126 Å². The molecule has 0 N–H and O–H groups in total. The van der Waals surface area contributed by atoms with Crippen LogP contribution in [0.1, 0.15) is 32.7 Å². The first-order chi connectivity index (χ1) is 18.2. The first-order valence-electron chi connectivity index (χ1n) is 12.1. The van der Waals surface area contributed by atoms with Gasteiger partial charge in [-0.2, -0.15) is 0 Å². The van der Waals surface area contributed by atoms with E-state index >= 15 is 0 Å². The normalized spacial score (nSPS) is 10.4. The van der Waals surface area contributed by atoms with Crippen LogP contribution in [0.3, 0.4) is 0 Å². The van der Waals surface area contributed by atoms with Crippen LogP contribution in [0.2, 0.25) is 0 Å². The molecule has 6 heteroatoms. The molecule has 0 aliphatic heterocycles. The second kappa shape index (κ2) is 13.5. The number of benzene rings is 4. The molecule has 0 aliphatic rings. The molecule has 4 rings (SSSR count). The molecule has 0 spiro atoms. The van der Waals surface area contributed by atoms with Crippen molar-refractivity contribution < 1.29 is 28.5 Å². The third-order valence-corrected chi connectivity index (χ3v) is 5.43. The fraction of sp³-hybridized carbons (Fsp3) is 0.161. The molecule has 4 aromatic rings. The zero-order chi connectivity index (χ0) is 25.7. The summed E-state index contributed by atoms with van der Waals surface area (Å²) >= 11 is 0. The monoisotopic (exact) mass is 496 g/mol. The number of esters is 2. The van der Waals surface area contributed by atoms with Crippen LogP contribution in [0.5, 0.6) is 17.2 Å². The molecular formula is C31H28O6. The number of hydrogen-bond acceptors (Lipinski definition) is 6. The maximum atomic E-state index is 12.9. The van der Waals surface area contributed by atoms with Gasteiger partial charge in [-0.1, -0.05) is 66.7 Å². The van der Waals surface area contributed by atoms with Gasteiger partial charge < -0.3 is 18.9 Å². The summed E-state index contributed by atoms with van der Waals surface area (Å²) in [6, 6.07) is 32.6. The fourth-order valence-corrected chi connectivity index (χ4v) is 3.61. The number of carbonyl (C=O) groups excluding carboxylic acids is 2. The highest BCUT2D eigenvalue weighted by Crippen LogP contribution is 2.22. The van der Waals surface area contributed by atoms with E-state index in [1.54, 1.807) is 42.5 Å². The standard InChI is InChI=1S/C31H28O6/c32-30(36-20-10-13-24-11-3-1-4-12-24)25-14-9-17-27(23-25)37-31(33)28-18-7-8-19-29(28)35-22-21-34-26-15-5-2-6-16-26/h1-9,11-12,14-19,23H,10,13,20-22H2. The summed E-state index contributed by atoms with van der Waals surface area (Å²) in [7, 11) is 0. The Morgan fingerprint density at radius 1 is 0.595 bits per heavy atom. The van der Waals surface area contributed by atoms with Gasteiger partial charge in [0, 0.05) is 0 Å². The number of carbonyl (C=O) groups is 2. The van der Waals surface area contributed by atoms with Gasteiger partial charge in [-0.25, -0.2) is 9.59 Å². The molecule has 0 saturated carbocycles. The van der Waals surface area contributed by atoms with Crippen LogP contribution in [-0.2, 0) is 11.2 Å². The minimum atomic E-state index is -0.590. The van der Waals surface area contributed by atoms with Gasteiger partial charge in [0.15, 0.2) is 0 Å². The van der Waals surface area contributed by atoms with E-state index in [0.29, 0.717) is 24.5 Å². The fourth-order valence-electron chi connectivity index (χ4n) is 3.61. The van der Waals surface area contributed by atoms with Gasteiger partial charge in [-0.05, 0) is 60.9 Å². The number of aryl methyl sites for hydroxylation is 1. The molecule has 4 aromatic carbocycles.